The quantitative estimate of drug-likeness (QED) is 0.155. The molecule has 0 spiro atoms. The van der Waals surface area contributed by atoms with Gasteiger partial charge in [0.1, 0.15) is 23.0 Å². The topological polar surface area (TPSA) is 43.4 Å². The summed E-state index contributed by atoms with van der Waals surface area (Å²) in [4.78, 5) is 0. The normalized spacial score (nSPS) is 17.8. The maximum absolute atomic E-state index is 7.36. The van der Waals surface area contributed by atoms with E-state index >= 15 is 0 Å². The van der Waals surface area contributed by atoms with Gasteiger partial charge in [-0.05, 0) is 95.4 Å². The Kier molecular flexibility index (Phi) is 9.51. The number of aryl methyl sites for hydroxylation is 1. The van der Waals surface area contributed by atoms with Crippen LogP contribution in [0.15, 0.2) is 212 Å². The molecule has 0 aliphatic carbocycles. The van der Waals surface area contributed by atoms with Gasteiger partial charge in [-0.2, -0.15) is 0 Å². The predicted molar refractivity (Wildman–Crippen MR) is 272 cm³/mol. The van der Waals surface area contributed by atoms with Crippen LogP contribution in [0.4, 0.5) is 11.4 Å². The Labute approximate surface area is 383 Å². The number of hydrogen-bond acceptors (Lipinski definition) is 6. The first-order valence-corrected chi connectivity index (χ1v) is 26.4. The monoisotopic (exact) mass is 914 g/mol. The molecule has 0 aromatic heterocycles. The van der Waals surface area contributed by atoms with Gasteiger partial charge in [-0.1, -0.05) is 152 Å². The van der Waals surface area contributed by atoms with Crippen molar-refractivity contribution >= 4 is 65.8 Å². The van der Waals surface area contributed by atoms with Gasteiger partial charge in [0.05, 0.1) is 11.4 Å². The van der Waals surface area contributed by atoms with Crippen LogP contribution in [-0.2, 0) is 0 Å². The summed E-state index contributed by atoms with van der Waals surface area (Å²) >= 11 is 0. The molecule has 4 aliphatic rings. The van der Waals surface area contributed by atoms with Crippen LogP contribution in [-0.4, -0.2) is 0 Å². The van der Waals surface area contributed by atoms with Gasteiger partial charge in [0.25, 0.3) is 0 Å². The molecule has 4 heterocycles. The lowest BCUT2D eigenvalue weighted by atomic mass is 10.0. The van der Waals surface area contributed by atoms with Crippen molar-refractivity contribution in [3.63, 3.8) is 0 Å². The third-order valence-corrected chi connectivity index (χ3v) is 21.1. The average molecular weight is 915 g/mol. The second-order valence-corrected chi connectivity index (χ2v) is 23.1. The Balaban J connectivity index is 1.05. The van der Waals surface area contributed by atoms with Gasteiger partial charge in [-0.3, -0.25) is 8.88 Å². The molecule has 10 heteroatoms. The maximum atomic E-state index is 7.36. The largest absolute Gasteiger partial charge is 0.448 e. The molecule has 0 fully saturated rings. The van der Waals surface area contributed by atoms with Gasteiger partial charge < -0.3 is 18.1 Å². The Bertz CT molecular complexity index is 3150. The van der Waals surface area contributed by atoms with Crippen molar-refractivity contribution < 1.29 is 18.1 Å². The van der Waals surface area contributed by atoms with Gasteiger partial charge in [0, 0.05) is 43.5 Å². The van der Waals surface area contributed by atoms with Gasteiger partial charge in [0.15, 0.2) is 0 Å². The van der Waals surface area contributed by atoms with Crippen LogP contribution in [0.1, 0.15) is 5.56 Å². The Hall–Kier alpha value is -6.50. The number of fused-ring (bicyclic) bond motifs is 12. The van der Waals surface area contributed by atoms with Crippen molar-refractivity contribution in [3.05, 3.63) is 218 Å². The molecule has 4 atom stereocenters. The lowest BCUT2D eigenvalue weighted by Gasteiger charge is -2.44. The number of para-hydroxylation sites is 4. The number of rotatable bonds is 6. The number of benzene rings is 9. The Morgan fingerprint density at radius 2 is 0.569 bits per heavy atom. The summed E-state index contributed by atoms with van der Waals surface area (Å²) < 4.78 is 34.4. The zero-order chi connectivity index (χ0) is 43.0. The third kappa shape index (κ3) is 6.39. The van der Waals surface area contributed by atoms with E-state index in [1.165, 1.54) is 22.3 Å². The van der Waals surface area contributed by atoms with Gasteiger partial charge >= 0.3 is 0 Å². The Morgan fingerprint density at radius 1 is 0.292 bits per heavy atom. The van der Waals surface area contributed by atoms with Crippen molar-refractivity contribution in [1.82, 2.24) is 0 Å². The molecule has 13 rings (SSSR count). The second-order valence-electron chi connectivity index (χ2n) is 16.1. The zero-order valence-corrected chi connectivity index (χ0v) is 38.6. The van der Waals surface area contributed by atoms with Crippen molar-refractivity contribution in [2.45, 2.75) is 6.92 Å². The van der Waals surface area contributed by atoms with Crippen LogP contribution in [0, 0.1) is 6.92 Å². The summed E-state index contributed by atoms with van der Waals surface area (Å²) in [7, 11) is -6.05. The molecule has 0 radical (unpaired) electrons. The highest BCUT2D eigenvalue weighted by atomic mass is 31.2. The summed E-state index contributed by atoms with van der Waals surface area (Å²) in [5.41, 5.74) is 12.2. The molecule has 65 heavy (non-hydrogen) atoms. The minimum absolute atomic E-state index is 0.862. The van der Waals surface area contributed by atoms with Crippen LogP contribution < -0.4 is 48.2 Å². The van der Waals surface area contributed by atoms with Crippen LogP contribution in [0.5, 0.6) is 23.0 Å². The fourth-order valence-corrected chi connectivity index (χ4v) is 18.8. The van der Waals surface area contributed by atoms with E-state index < -0.39 is 33.2 Å². The molecule has 6 nitrogen and oxygen atoms in total. The zero-order valence-electron chi connectivity index (χ0n) is 35.0. The standard InChI is InChI=1S/C55H38N2O4P4/c1-37-34-35-38(56(62-52-30-14-6-22-43(52)39-18-2-10-26-48(39)58-62)63-53-31-15-7-23-44(53)40-19-3-11-27-49(40)59-63)36-47(37)57(64-54-32-16-8-24-45(54)41-20-4-12-28-50(41)60-64)65-55-33-17-9-25-46(55)42-21-5-13-29-51(42)61-65/h2-36H,1H3. The molecule has 4 aliphatic heterocycles. The SMILES string of the molecule is Cc1ccc(N(P2Oc3ccccc3-c3ccccc32)P2Oc3ccccc3-c3ccccc32)cc1N(P1Oc2ccccc2-c2ccccc21)P1Oc2ccccc2-c2ccccc21. The minimum atomic E-state index is -1.51. The van der Waals surface area contributed by atoms with E-state index in [0.29, 0.717) is 0 Å². The molecule has 0 bridgehead atoms. The van der Waals surface area contributed by atoms with E-state index in [9.17, 15) is 0 Å². The van der Waals surface area contributed by atoms with E-state index in [1.54, 1.807) is 0 Å². The van der Waals surface area contributed by atoms with Crippen molar-refractivity contribution in [3.8, 4) is 67.5 Å². The summed E-state index contributed by atoms with van der Waals surface area (Å²) in [6.45, 7) is 2.21. The van der Waals surface area contributed by atoms with E-state index in [1.807, 2.05) is 0 Å². The maximum Gasteiger partial charge on any atom is 0.232 e. The predicted octanol–water partition coefficient (Wildman–Crippen LogP) is 14.4. The lowest BCUT2D eigenvalue weighted by molar-refractivity contribution is 0.607. The smallest absolute Gasteiger partial charge is 0.232 e. The molecular weight excluding hydrogens is 877 g/mol. The summed E-state index contributed by atoms with van der Waals surface area (Å²) in [5.74, 6) is 3.45. The highest BCUT2D eigenvalue weighted by Crippen LogP contribution is 2.68. The van der Waals surface area contributed by atoms with Crippen LogP contribution in [0.25, 0.3) is 44.5 Å². The molecule has 0 saturated heterocycles. The van der Waals surface area contributed by atoms with Gasteiger partial charge in [0.2, 0.25) is 33.2 Å². The van der Waals surface area contributed by atoms with Crippen LogP contribution in [0.3, 0.4) is 0 Å². The molecular formula is C55H38N2O4P4. The minimum Gasteiger partial charge on any atom is -0.448 e. The highest BCUT2D eigenvalue weighted by Gasteiger charge is 2.45. The molecule has 312 valence electrons. The van der Waals surface area contributed by atoms with Crippen LogP contribution in [0.2, 0.25) is 0 Å². The van der Waals surface area contributed by atoms with E-state index in [4.69, 9.17) is 18.1 Å². The van der Waals surface area contributed by atoms with Crippen molar-refractivity contribution in [2.24, 2.45) is 0 Å². The molecule has 0 N–H and O–H groups in total. The molecule has 4 unspecified atom stereocenters. The Morgan fingerprint density at radius 3 is 0.908 bits per heavy atom. The first kappa shape index (κ1) is 38.9. The number of nitrogens with zero attached hydrogens (tertiary/aromatic N) is 2. The van der Waals surface area contributed by atoms with Crippen molar-refractivity contribution in [1.29, 1.82) is 0 Å². The van der Waals surface area contributed by atoms with Crippen molar-refractivity contribution in [2.75, 3.05) is 8.88 Å². The highest BCUT2D eigenvalue weighted by molar-refractivity contribution is 7.81. The summed E-state index contributed by atoms with van der Waals surface area (Å²) in [6, 6.07) is 75.3. The molecule has 0 amide bonds. The summed E-state index contributed by atoms with van der Waals surface area (Å²) in [5, 5.41) is 4.56. The van der Waals surface area contributed by atoms with Gasteiger partial charge in [-0.15, -0.1) is 0 Å². The summed E-state index contributed by atoms with van der Waals surface area (Å²) in [6.07, 6.45) is 0. The fourth-order valence-electron chi connectivity index (χ4n) is 9.17. The first-order chi connectivity index (χ1) is 32.2. The number of anilines is 2. The first-order valence-electron chi connectivity index (χ1n) is 21.5. The van der Waals surface area contributed by atoms with E-state index in [0.717, 1.165) is 83.4 Å². The molecule has 0 saturated carbocycles. The van der Waals surface area contributed by atoms with E-state index in [2.05, 4.69) is 228 Å². The molecule has 9 aromatic rings. The van der Waals surface area contributed by atoms with Crippen LogP contribution >= 0.6 is 33.2 Å². The lowest BCUT2D eigenvalue weighted by Crippen LogP contribution is -2.33. The third-order valence-electron chi connectivity index (χ3n) is 12.2. The fraction of sp³-hybridized carbons (Fsp3) is 0.0182. The average Bonchev–Trinajstić information content (AvgIpc) is 3.37. The number of hydrogen-bond donors (Lipinski definition) is 0. The van der Waals surface area contributed by atoms with E-state index in [-0.39, 0.29) is 0 Å². The second kappa shape index (κ2) is 15.9. The molecule has 9 aromatic carbocycles. The van der Waals surface area contributed by atoms with Gasteiger partial charge in [-0.25, -0.2) is 0 Å².